The highest BCUT2D eigenvalue weighted by atomic mass is 19.1. The molecule has 1 unspecified atom stereocenters. The van der Waals surface area contributed by atoms with Crippen molar-refractivity contribution >= 4 is 16.8 Å². The lowest BCUT2D eigenvalue weighted by Gasteiger charge is -2.16. The highest BCUT2D eigenvalue weighted by molar-refractivity contribution is 5.95. The third kappa shape index (κ3) is 4.20. The second-order valence-electron chi connectivity index (χ2n) is 7.01. The van der Waals surface area contributed by atoms with Gasteiger partial charge in [0.25, 0.3) is 5.91 Å². The first kappa shape index (κ1) is 18.9. The van der Waals surface area contributed by atoms with E-state index in [-0.39, 0.29) is 18.3 Å². The van der Waals surface area contributed by atoms with Gasteiger partial charge in [-0.25, -0.2) is 4.39 Å². The van der Waals surface area contributed by atoms with Gasteiger partial charge < -0.3 is 15.4 Å². The van der Waals surface area contributed by atoms with E-state index < -0.39 is 6.04 Å². The molecule has 4 rings (SSSR count). The van der Waals surface area contributed by atoms with Crippen molar-refractivity contribution in [1.29, 1.82) is 0 Å². The minimum Gasteiger partial charge on any atom is -0.394 e. The summed E-state index contributed by atoms with van der Waals surface area (Å²) in [5, 5.41) is 13.4. The summed E-state index contributed by atoms with van der Waals surface area (Å²) in [6.07, 6.45) is 2.18. The molecule has 1 atom stereocenters. The van der Waals surface area contributed by atoms with Crippen LogP contribution in [0.1, 0.15) is 15.9 Å². The smallest absolute Gasteiger partial charge is 0.251 e. The molecule has 29 heavy (non-hydrogen) atoms. The van der Waals surface area contributed by atoms with Crippen LogP contribution in [0.4, 0.5) is 4.39 Å². The predicted molar refractivity (Wildman–Crippen MR) is 112 cm³/mol. The van der Waals surface area contributed by atoms with Gasteiger partial charge >= 0.3 is 0 Å². The Bertz CT molecular complexity index is 1140. The molecule has 3 aromatic carbocycles. The Labute approximate surface area is 168 Å². The summed E-state index contributed by atoms with van der Waals surface area (Å²) in [7, 11) is 0. The molecule has 1 heterocycles. The van der Waals surface area contributed by atoms with Crippen molar-refractivity contribution < 1.29 is 14.3 Å². The normalized spacial score (nSPS) is 12.1. The van der Waals surface area contributed by atoms with Gasteiger partial charge in [0.15, 0.2) is 0 Å². The molecule has 0 aliphatic carbocycles. The van der Waals surface area contributed by atoms with Gasteiger partial charge in [0.2, 0.25) is 0 Å². The van der Waals surface area contributed by atoms with E-state index in [1.165, 1.54) is 12.1 Å². The third-order valence-corrected chi connectivity index (χ3v) is 4.98. The number of carbonyl (C=O) groups is 1. The van der Waals surface area contributed by atoms with Crippen LogP contribution < -0.4 is 5.32 Å². The molecular formula is C24H21FN2O2. The van der Waals surface area contributed by atoms with E-state index >= 15 is 0 Å². The zero-order valence-corrected chi connectivity index (χ0v) is 15.7. The molecule has 4 aromatic rings. The van der Waals surface area contributed by atoms with Crippen LogP contribution >= 0.6 is 0 Å². The first-order valence-corrected chi connectivity index (χ1v) is 9.47. The van der Waals surface area contributed by atoms with Crippen LogP contribution in [0.25, 0.3) is 22.0 Å². The predicted octanol–water partition coefficient (Wildman–Crippen LogP) is 4.31. The summed E-state index contributed by atoms with van der Waals surface area (Å²) >= 11 is 0. The van der Waals surface area contributed by atoms with Gasteiger partial charge in [-0.1, -0.05) is 42.5 Å². The number of carbonyl (C=O) groups excluding carboxylic acids is 1. The lowest BCUT2D eigenvalue weighted by atomic mass is 10.0. The Morgan fingerprint density at radius 2 is 1.79 bits per heavy atom. The van der Waals surface area contributed by atoms with E-state index in [0.717, 1.165) is 27.6 Å². The third-order valence-electron chi connectivity index (χ3n) is 4.98. The Hall–Kier alpha value is -3.44. The molecule has 0 saturated heterocycles. The van der Waals surface area contributed by atoms with E-state index in [2.05, 4.69) is 10.3 Å². The number of aromatic nitrogens is 1. The molecular weight excluding hydrogens is 367 g/mol. The van der Waals surface area contributed by atoms with Gasteiger partial charge in [-0.2, -0.15) is 0 Å². The van der Waals surface area contributed by atoms with Crippen molar-refractivity contribution in [3.8, 4) is 11.1 Å². The van der Waals surface area contributed by atoms with E-state index in [4.69, 9.17) is 0 Å². The molecule has 1 amide bonds. The molecule has 3 N–H and O–H groups in total. The zero-order chi connectivity index (χ0) is 20.2. The van der Waals surface area contributed by atoms with E-state index in [1.54, 1.807) is 18.3 Å². The van der Waals surface area contributed by atoms with Crippen LogP contribution in [0, 0.1) is 5.82 Å². The number of nitrogens with one attached hydrogen (secondary N) is 2. The van der Waals surface area contributed by atoms with Gasteiger partial charge in [-0.05, 0) is 53.4 Å². The van der Waals surface area contributed by atoms with Crippen molar-refractivity contribution in [3.63, 3.8) is 0 Å². The Kier molecular flexibility index (Phi) is 5.40. The van der Waals surface area contributed by atoms with Gasteiger partial charge in [-0.15, -0.1) is 0 Å². The zero-order valence-electron chi connectivity index (χ0n) is 15.7. The SMILES string of the molecule is O=C(NC(CO)Cc1c[nH]c2ccc(F)cc12)c1cccc(-c2ccccc2)c1. The summed E-state index contributed by atoms with van der Waals surface area (Å²) in [5.74, 6) is -0.575. The van der Waals surface area contributed by atoms with Crippen LogP contribution in [-0.2, 0) is 6.42 Å². The fourth-order valence-electron chi connectivity index (χ4n) is 3.49. The monoisotopic (exact) mass is 388 g/mol. The first-order valence-electron chi connectivity index (χ1n) is 9.47. The molecule has 0 saturated carbocycles. The van der Waals surface area contributed by atoms with Gasteiger partial charge in [0, 0.05) is 22.7 Å². The van der Waals surface area contributed by atoms with Crippen LogP contribution in [0.15, 0.2) is 79.0 Å². The topological polar surface area (TPSA) is 65.1 Å². The van der Waals surface area contributed by atoms with Crippen molar-refractivity contribution in [2.45, 2.75) is 12.5 Å². The molecule has 5 heteroatoms. The second kappa shape index (κ2) is 8.29. The lowest BCUT2D eigenvalue weighted by Crippen LogP contribution is -2.39. The van der Waals surface area contributed by atoms with Crippen molar-refractivity contribution in [2.24, 2.45) is 0 Å². The molecule has 0 aliphatic rings. The average Bonchev–Trinajstić information content (AvgIpc) is 3.15. The van der Waals surface area contributed by atoms with Gasteiger partial charge in [0.05, 0.1) is 12.6 Å². The highest BCUT2D eigenvalue weighted by Crippen LogP contribution is 2.22. The number of fused-ring (bicyclic) bond motifs is 1. The number of rotatable bonds is 6. The summed E-state index contributed by atoms with van der Waals surface area (Å²) in [4.78, 5) is 15.8. The maximum atomic E-state index is 13.6. The number of hydrogen-bond acceptors (Lipinski definition) is 2. The molecule has 0 spiro atoms. The van der Waals surface area contributed by atoms with Gasteiger partial charge in [0.1, 0.15) is 5.82 Å². The quantitative estimate of drug-likeness (QED) is 0.461. The number of benzene rings is 3. The Balaban J connectivity index is 1.51. The standard InChI is InChI=1S/C24H21FN2O2/c25-20-9-10-23-22(13-20)19(14-26-23)12-21(15-28)27-24(29)18-8-4-7-17(11-18)16-5-2-1-3-6-16/h1-11,13-14,21,26,28H,12,15H2,(H,27,29). The van der Waals surface area contributed by atoms with Crippen molar-refractivity contribution in [2.75, 3.05) is 6.61 Å². The molecule has 0 fully saturated rings. The van der Waals surface area contributed by atoms with E-state index in [1.807, 2.05) is 48.5 Å². The van der Waals surface area contributed by atoms with Crippen LogP contribution in [0.3, 0.4) is 0 Å². The number of aromatic amines is 1. The van der Waals surface area contributed by atoms with Crippen molar-refractivity contribution in [3.05, 3.63) is 95.9 Å². The molecule has 4 nitrogen and oxygen atoms in total. The Morgan fingerprint density at radius 1 is 1.00 bits per heavy atom. The van der Waals surface area contributed by atoms with E-state index in [9.17, 15) is 14.3 Å². The summed E-state index contributed by atoms with van der Waals surface area (Å²) in [5.41, 5.74) is 4.17. The molecule has 1 aromatic heterocycles. The van der Waals surface area contributed by atoms with Crippen LogP contribution in [0.2, 0.25) is 0 Å². The second-order valence-corrected chi connectivity index (χ2v) is 7.01. The van der Waals surface area contributed by atoms with Gasteiger partial charge in [-0.3, -0.25) is 4.79 Å². The number of H-pyrrole nitrogens is 1. The fraction of sp³-hybridized carbons (Fsp3) is 0.125. The highest BCUT2D eigenvalue weighted by Gasteiger charge is 2.16. The summed E-state index contributed by atoms with van der Waals surface area (Å²) < 4.78 is 13.6. The summed E-state index contributed by atoms with van der Waals surface area (Å²) in [6.45, 7) is -0.216. The van der Waals surface area contributed by atoms with Crippen LogP contribution in [-0.4, -0.2) is 28.6 Å². The Morgan fingerprint density at radius 3 is 2.59 bits per heavy atom. The number of hydrogen-bond donors (Lipinski definition) is 3. The van der Waals surface area contributed by atoms with E-state index in [0.29, 0.717) is 12.0 Å². The van der Waals surface area contributed by atoms with Crippen LogP contribution in [0.5, 0.6) is 0 Å². The molecule has 0 aliphatic heterocycles. The maximum Gasteiger partial charge on any atom is 0.251 e. The summed E-state index contributed by atoms with van der Waals surface area (Å²) in [6, 6.07) is 21.3. The molecule has 0 bridgehead atoms. The molecule has 0 radical (unpaired) electrons. The average molecular weight is 388 g/mol. The number of aliphatic hydroxyl groups is 1. The maximum absolute atomic E-state index is 13.6. The van der Waals surface area contributed by atoms with Crippen molar-refractivity contribution in [1.82, 2.24) is 10.3 Å². The largest absolute Gasteiger partial charge is 0.394 e. The molecule has 146 valence electrons. The number of amides is 1. The minimum atomic E-state index is -0.481. The lowest BCUT2D eigenvalue weighted by molar-refractivity contribution is 0.0916. The number of halogens is 1. The first-order chi connectivity index (χ1) is 14.1. The fourth-order valence-corrected chi connectivity index (χ4v) is 3.49. The number of aliphatic hydroxyl groups excluding tert-OH is 1. The minimum absolute atomic E-state index is 0.216.